The van der Waals surface area contributed by atoms with Crippen LogP contribution in [-0.4, -0.2) is 17.1 Å². The average molecular weight is 233 g/mol. The van der Waals surface area contributed by atoms with Crippen LogP contribution < -0.4 is 5.43 Å². The number of hydrogen-bond donors (Lipinski definition) is 1. The SMILES string of the molecule is CCCCCCC(=O)N/N=C/c1ccccn1. The topological polar surface area (TPSA) is 54.4 Å². The van der Waals surface area contributed by atoms with Gasteiger partial charge in [0.15, 0.2) is 0 Å². The van der Waals surface area contributed by atoms with E-state index in [-0.39, 0.29) is 5.91 Å². The van der Waals surface area contributed by atoms with Crippen molar-refractivity contribution in [1.29, 1.82) is 0 Å². The van der Waals surface area contributed by atoms with Crippen molar-refractivity contribution in [2.45, 2.75) is 39.0 Å². The van der Waals surface area contributed by atoms with Crippen molar-refractivity contribution in [2.24, 2.45) is 5.10 Å². The van der Waals surface area contributed by atoms with Crippen LogP contribution in [0.5, 0.6) is 0 Å². The highest BCUT2D eigenvalue weighted by Gasteiger charge is 1.98. The Labute approximate surface area is 102 Å². The molecule has 92 valence electrons. The number of hydrogen-bond acceptors (Lipinski definition) is 3. The van der Waals surface area contributed by atoms with Crippen molar-refractivity contribution in [3.8, 4) is 0 Å². The van der Waals surface area contributed by atoms with Gasteiger partial charge in [-0.3, -0.25) is 9.78 Å². The third-order valence-corrected chi connectivity index (χ3v) is 2.33. The second-order valence-electron chi connectivity index (χ2n) is 3.86. The molecule has 0 aliphatic rings. The Kier molecular flexibility index (Phi) is 6.63. The summed E-state index contributed by atoms with van der Waals surface area (Å²) < 4.78 is 0. The highest BCUT2D eigenvalue weighted by Crippen LogP contribution is 2.01. The molecule has 0 saturated carbocycles. The van der Waals surface area contributed by atoms with Crippen LogP contribution in [0.25, 0.3) is 0 Å². The fourth-order valence-corrected chi connectivity index (χ4v) is 1.39. The maximum absolute atomic E-state index is 11.4. The smallest absolute Gasteiger partial charge is 0.240 e. The lowest BCUT2D eigenvalue weighted by atomic mass is 10.1. The van der Waals surface area contributed by atoms with E-state index in [2.05, 4.69) is 22.4 Å². The van der Waals surface area contributed by atoms with Crippen molar-refractivity contribution in [1.82, 2.24) is 10.4 Å². The number of unbranched alkanes of at least 4 members (excludes halogenated alkanes) is 3. The van der Waals surface area contributed by atoms with E-state index in [9.17, 15) is 4.79 Å². The second kappa shape index (κ2) is 8.44. The molecule has 0 aliphatic heterocycles. The number of rotatable bonds is 7. The fourth-order valence-electron chi connectivity index (χ4n) is 1.39. The molecule has 1 N–H and O–H groups in total. The van der Waals surface area contributed by atoms with E-state index in [4.69, 9.17) is 0 Å². The molecule has 4 heteroatoms. The van der Waals surface area contributed by atoms with E-state index in [0.29, 0.717) is 6.42 Å². The fraction of sp³-hybridized carbons (Fsp3) is 0.462. The summed E-state index contributed by atoms with van der Waals surface area (Å²) in [5, 5.41) is 3.85. The van der Waals surface area contributed by atoms with Crippen LogP contribution in [0.1, 0.15) is 44.7 Å². The first-order valence-corrected chi connectivity index (χ1v) is 6.06. The Morgan fingerprint density at radius 1 is 1.41 bits per heavy atom. The van der Waals surface area contributed by atoms with Crippen molar-refractivity contribution in [3.63, 3.8) is 0 Å². The summed E-state index contributed by atoms with van der Waals surface area (Å²) in [6.07, 6.45) is 8.17. The lowest BCUT2D eigenvalue weighted by molar-refractivity contribution is -0.121. The molecule has 1 aromatic heterocycles. The van der Waals surface area contributed by atoms with Crippen molar-refractivity contribution >= 4 is 12.1 Å². The molecule has 4 nitrogen and oxygen atoms in total. The normalized spacial score (nSPS) is 10.6. The summed E-state index contributed by atoms with van der Waals surface area (Å²) in [6, 6.07) is 5.54. The van der Waals surface area contributed by atoms with Crippen molar-refractivity contribution < 1.29 is 4.79 Å². The number of aromatic nitrogens is 1. The lowest BCUT2D eigenvalue weighted by Crippen LogP contribution is -2.16. The Balaban J connectivity index is 2.17. The zero-order valence-corrected chi connectivity index (χ0v) is 10.2. The maximum Gasteiger partial charge on any atom is 0.240 e. The molecule has 1 amide bonds. The predicted octanol–water partition coefficient (Wildman–Crippen LogP) is 2.50. The first kappa shape index (κ1) is 13.4. The van der Waals surface area contributed by atoms with Gasteiger partial charge in [-0.2, -0.15) is 5.10 Å². The molecule has 0 atom stereocenters. The largest absolute Gasteiger partial charge is 0.273 e. The summed E-state index contributed by atoms with van der Waals surface area (Å²) in [4.78, 5) is 15.4. The van der Waals surface area contributed by atoms with E-state index < -0.39 is 0 Å². The van der Waals surface area contributed by atoms with Crippen LogP contribution >= 0.6 is 0 Å². The zero-order chi connectivity index (χ0) is 12.3. The van der Waals surface area contributed by atoms with E-state index in [1.54, 1.807) is 12.4 Å². The Bertz CT molecular complexity index is 349. The molecule has 0 spiro atoms. The van der Waals surface area contributed by atoms with Crippen LogP contribution in [0.15, 0.2) is 29.5 Å². The Hall–Kier alpha value is -1.71. The molecule has 0 saturated heterocycles. The molecule has 1 heterocycles. The first-order chi connectivity index (χ1) is 8.33. The molecule has 1 rings (SSSR count). The number of pyridine rings is 1. The zero-order valence-electron chi connectivity index (χ0n) is 10.2. The third kappa shape index (κ3) is 6.45. The van der Waals surface area contributed by atoms with Crippen LogP contribution in [0.3, 0.4) is 0 Å². The standard InChI is InChI=1S/C13H19N3O/c1-2-3-4-5-9-13(17)16-15-11-12-8-6-7-10-14-12/h6-8,10-11H,2-5,9H2,1H3,(H,16,17)/b15-11+. The van der Waals surface area contributed by atoms with Gasteiger partial charge in [-0.15, -0.1) is 0 Å². The van der Waals surface area contributed by atoms with Gasteiger partial charge in [0, 0.05) is 12.6 Å². The second-order valence-corrected chi connectivity index (χ2v) is 3.86. The van der Waals surface area contributed by atoms with E-state index in [1.807, 2.05) is 18.2 Å². The number of nitrogens with zero attached hydrogens (tertiary/aromatic N) is 2. The van der Waals surface area contributed by atoms with E-state index >= 15 is 0 Å². The van der Waals surface area contributed by atoms with Gasteiger partial charge >= 0.3 is 0 Å². The summed E-state index contributed by atoms with van der Waals surface area (Å²) in [5.41, 5.74) is 3.23. The Morgan fingerprint density at radius 2 is 2.29 bits per heavy atom. The Morgan fingerprint density at radius 3 is 3.00 bits per heavy atom. The number of amides is 1. The van der Waals surface area contributed by atoms with Gasteiger partial charge in [-0.05, 0) is 18.6 Å². The molecule has 0 bridgehead atoms. The summed E-state index contributed by atoms with van der Waals surface area (Å²) in [5.74, 6) is -0.0340. The van der Waals surface area contributed by atoms with Gasteiger partial charge < -0.3 is 0 Å². The number of carbonyl (C=O) groups excluding carboxylic acids is 1. The maximum atomic E-state index is 11.4. The van der Waals surface area contributed by atoms with Gasteiger partial charge in [0.2, 0.25) is 5.91 Å². The highest BCUT2D eigenvalue weighted by molar-refractivity contribution is 5.80. The molecular weight excluding hydrogens is 214 g/mol. The number of nitrogens with one attached hydrogen (secondary N) is 1. The first-order valence-electron chi connectivity index (χ1n) is 6.06. The molecule has 1 aromatic rings. The van der Waals surface area contributed by atoms with Gasteiger partial charge in [0.25, 0.3) is 0 Å². The minimum Gasteiger partial charge on any atom is -0.273 e. The van der Waals surface area contributed by atoms with Gasteiger partial charge in [-0.25, -0.2) is 5.43 Å². The quantitative estimate of drug-likeness (QED) is 0.447. The van der Waals surface area contributed by atoms with E-state index in [1.165, 1.54) is 12.8 Å². The molecule has 0 radical (unpaired) electrons. The molecule has 0 aliphatic carbocycles. The number of hydrazone groups is 1. The predicted molar refractivity (Wildman–Crippen MR) is 68.7 cm³/mol. The van der Waals surface area contributed by atoms with Crippen LogP contribution in [0.2, 0.25) is 0 Å². The van der Waals surface area contributed by atoms with Crippen molar-refractivity contribution in [2.75, 3.05) is 0 Å². The minimum absolute atomic E-state index is 0.0340. The molecular formula is C13H19N3O. The van der Waals surface area contributed by atoms with Gasteiger partial charge in [0.1, 0.15) is 0 Å². The van der Waals surface area contributed by atoms with Gasteiger partial charge in [0.05, 0.1) is 11.9 Å². The summed E-state index contributed by atoms with van der Waals surface area (Å²) in [7, 11) is 0. The number of carbonyl (C=O) groups is 1. The average Bonchev–Trinajstić information content (AvgIpc) is 2.36. The van der Waals surface area contributed by atoms with Crippen LogP contribution in [-0.2, 0) is 4.79 Å². The molecule has 0 fully saturated rings. The highest BCUT2D eigenvalue weighted by atomic mass is 16.2. The van der Waals surface area contributed by atoms with Crippen LogP contribution in [0.4, 0.5) is 0 Å². The lowest BCUT2D eigenvalue weighted by Gasteiger charge is -1.99. The summed E-state index contributed by atoms with van der Waals surface area (Å²) >= 11 is 0. The molecule has 0 unspecified atom stereocenters. The summed E-state index contributed by atoms with van der Waals surface area (Å²) in [6.45, 7) is 2.15. The molecule has 17 heavy (non-hydrogen) atoms. The monoisotopic (exact) mass is 233 g/mol. The van der Waals surface area contributed by atoms with Crippen LogP contribution in [0, 0.1) is 0 Å². The van der Waals surface area contributed by atoms with E-state index in [0.717, 1.165) is 18.5 Å². The third-order valence-electron chi connectivity index (χ3n) is 2.33. The minimum atomic E-state index is -0.0340. The molecule has 0 aromatic carbocycles. The van der Waals surface area contributed by atoms with Gasteiger partial charge in [-0.1, -0.05) is 32.3 Å². The van der Waals surface area contributed by atoms with Crippen molar-refractivity contribution in [3.05, 3.63) is 30.1 Å².